The lowest BCUT2D eigenvalue weighted by atomic mass is 9.77. The number of ether oxygens (including phenoxy) is 1. The van der Waals surface area contributed by atoms with E-state index in [4.69, 9.17) is 14.0 Å². The third-order valence-electron chi connectivity index (χ3n) is 5.67. The van der Waals surface area contributed by atoms with Crippen molar-refractivity contribution in [3.05, 3.63) is 29.8 Å². The molecule has 1 amide bonds. The van der Waals surface area contributed by atoms with Crippen LogP contribution in [0.4, 0.5) is 4.79 Å². The Hall–Kier alpha value is -1.84. The Labute approximate surface area is 180 Å². The number of carbonyl (C=O) groups excluding carboxylic acids is 1. The fourth-order valence-corrected chi connectivity index (χ4v) is 3.65. The molecule has 1 fully saturated rings. The van der Waals surface area contributed by atoms with Gasteiger partial charge in [-0.25, -0.2) is 4.79 Å². The van der Waals surface area contributed by atoms with Crippen LogP contribution in [0.1, 0.15) is 39.2 Å². The number of carbonyl (C=O) groups is 2. The second-order valence-electron chi connectivity index (χ2n) is 9.98. The highest BCUT2D eigenvalue weighted by Gasteiger charge is 2.51. The summed E-state index contributed by atoms with van der Waals surface area (Å²) in [5.74, 6) is -1.93. The molecule has 1 aromatic rings. The normalized spacial score (nSPS) is 18.7. The van der Waals surface area contributed by atoms with Crippen LogP contribution in [0.25, 0.3) is 0 Å². The minimum absolute atomic E-state index is 0.0616. The van der Waals surface area contributed by atoms with Crippen LogP contribution in [-0.2, 0) is 18.8 Å². The molecule has 30 heavy (non-hydrogen) atoms. The lowest BCUT2D eigenvalue weighted by Gasteiger charge is -2.32. The van der Waals surface area contributed by atoms with Crippen LogP contribution in [0.15, 0.2) is 24.3 Å². The smallest absolute Gasteiger partial charge is 0.481 e. The summed E-state index contributed by atoms with van der Waals surface area (Å²) >= 11 is 0. The van der Waals surface area contributed by atoms with E-state index < -0.39 is 44.4 Å². The molecule has 1 aromatic carbocycles. The van der Waals surface area contributed by atoms with E-state index in [1.807, 2.05) is 33.8 Å². The Balaban J connectivity index is 2.04. The minimum atomic E-state index is -1.30. The maximum atomic E-state index is 12.0. The second-order valence-corrected chi connectivity index (χ2v) is 15.6. The molecule has 0 aliphatic carbocycles. The first-order chi connectivity index (χ1) is 13.7. The SMILES string of the molecule is CC1(C)OB(c2cccc(C(CNC(=O)OCC[Si-](C)(C)C)C(=O)O)c2)OC1(C)C. The molecule has 2 rings (SSSR count). The first-order valence-corrected chi connectivity index (χ1v) is 14.0. The predicted octanol–water partition coefficient (Wildman–Crippen LogP) is 3.22. The molecule has 1 heterocycles. The number of rotatable bonds is 8. The first kappa shape index (κ1) is 24.4. The monoisotopic (exact) mass is 435 g/mol. The highest BCUT2D eigenvalue weighted by Crippen LogP contribution is 2.36. The van der Waals surface area contributed by atoms with Gasteiger partial charge in [0.15, 0.2) is 0 Å². The van der Waals surface area contributed by atoms with Crippen molar-refractivity contribution in [1.29, 1.82) is 0 Å². The Morgan fingerprint density at radius 3 is 2.30 bits per heavy atom. The maximum absolute atomic E-state index is 12.0. The van der Waals surface area contributed by atoms with Crippen LogP contribution in [0.2, 0.25) is 25.7 Å². The van der Waals surface area contributed by atoms with Gasteiger partial charge >= 0.3 is 19.2 Å². The lowest BCUT2D eigenvalue weighted by molar-refractivity contribution is -0.138. The number of nitrogens with one attached hydrogen (secondary N) is 1. The highest BCUT2D eigenvalue weighted by atomic mass is 28.3. The van der Waals surface area contributed by atoms with Gasteiger partial charge in [0, 0.05) is 6.54 Å². The van der Waals surface area contributed by atoms with Crippen LogP contribution >= 0.6 is 0 Å². The fourth-order valence-electron chi connectivity index (χ4n) is 2.94. The number of carboxylic acid groups (broad SMARTS) is 1. The molecule has 2 N–H and O–H groups in total. The van der Waals surface area contributed by atoms with Gasteiger partial charge in [0.2, 0.25) is 0 Å². The summed E-state index contributed by atoms with van der Waals surface area (Å²) in [5, 5.41) is 12.3. The van der Waals surface area contributed by atoms with E-state index in [1.54, 1.807) is 18.2 Å². The Morgan fingerprint density at radius 2 is 1.77 bits per heavy atom. The number of hydrogen-bond acceptors (Lipinski definition) is 5. The molecule has 0 saturated carbocycles. The van der Waals surface area contributed by atoms with Gasteiger partial charge < -0.3 is 24.5 Å². The van der Waals surface area contributed by atoms with Crippen molar-refractivity contribution in [3.8, 4) is 0 Å². The van der Waals surface area contributed by atoms with Crippen molar-refractivity contribution in [2.24, 2.45) is 0 Å². The van der Waals surface area contributed by atoms with Gasteiger partial charge in [-0.1, -0.05) is 24.3 Å². The molecule has 167 valence electrons. The van der Waals surface area contributed by atoms with E-state index in [9.17, 15) is 14.7 Å². The van der Waals surface area contributed by atoms with E-state index in [-0.39, 0.29) is 6.54 Å². The summed E-state index contributed by atoms with van der Waals surface area (Å²) in [6.45, 7) is 14.7. The molecule has 0 radical (unpaired) electrons. The maximum Gasteiger partial charge on any atom is 0.494 e. The Morgan fingerprint density at radius 1 is 1.17 bits per heavy atom. The molecular formula is C21H34BNO6Si-. The van der Waals surface area contributed by atoms with E-state index in [0.29, 0.717) is 12.2 Å². The zero-order valence-electron chi connectivity index (χ0n) is 19.1. The van der Waals surface area contributed by atoms with Crippen molar-refractivity contribution in [2.45, 2.75) is 70.5 Å². The van der Waals surface area contributed by atoms with E-state index in [1.165, 1.54) is 0 Å². The average Bonchev–Trinajstić information content (AvgIpc) is 2.81. The number of amides is 1. The molecule has 0 aromatic heterocycles. The number of benzene rings is 1. The molecule has 1 aliphatic heterocycles. The standard InChI is InChI=1S/C21H34BNO6Si/c1-20(2)21(3,4)29-22(28-20)16-10-8-9-15(13-16)17(18(24)25)14-23-19(26)27-11-12-30(5,6)7/h8-10,13,17H,11-12,14H2,1-7H3,(H,23,26)(H,24,25)/q-1. The van der Waals surface area contributed by atoms with Crippen molar-refractivity contribution >= 4 is 32.7 Å². The summed E-state index contributed by atoms with van der Waals surface area (Å²) in [6.07, 6.45) is -0.596. The Kier molecular flexibility index (Phi) is 7.42. The molecule has 0 spiro atoms. The van der Waals surface area contributed by atoms with E-state index in [0.717, 1.165) is 11.5 Å². The molecule has 1 atom stereocenters. The van der Waals surface area contributed by atoms with Crippen molar-refractivity contribution in [2.75, 3.05) is 13.2 Å². The van der Waals surface area contributed by atoms with Crippen molar-refractivity contribution in [1.82, 2.24) is 5.32 Å². The summed E-state index contributed by atoms with van der Waals surface area (Å²) < 4.78 is 17.3. The quantitative estimate of drug-likeness (QED) is 0.609. The average molecular weight is 435 g/mol. The van der Waals surface area contributed by atoms with Gasteiger partial charge in [-0.05, 0) is 38.7 Å². The molecule has 1 saturated heterocycles. The summed E-state index contributed by atoms with van der Waals surface area (Å²) in [6, 6.07) is 7.98. The highest BCUT2D eigenvalue weighted by molar-refractivity contribution is 6.76. The summed E-state index contributed by atoms with van der Waals surface area (Å²) in [5.41, 5.74) is 0.342. The van der Waals surface area contributed by atoms with Crippen LogP contribution in [0.5, 0.6) is 0 Å². The summed E-state index contributed by atoms with van der Waals surface area (Å²) in [4.78, 5) is 23.8. The minimum Gasteiger partial charge on any atom is -0.481 e. The fraction of sp³-hybridized carbons (Fsp3) is 0.619. The van der Waals surface area contributed by atoms with Crippen LogP contribution < -0.4 is 10.8 Å². The van der Waals surface area contributed by atoms with Gasteiger partial charge in [0.1, 0.15) is 0 Å². The largest absolute Gasteiger partial charge is 0.494 e. The topological polar surface area (TPSA) is 94.1 Å². The molecule has 7 nitrogen and oxygen atoms in total. The molecular weight excluding hydrogens is 401 g/mol. The van der Waals surface area contributed by atoms with E-state index in [2.05, 4.69) is 25.0 Å². The van der Waals surface area contributed by atoms with E-state index >= 15 is 0 Å². The van der Waals surface area contributed by atoms with Gasteiger partial charge in [-0.15, -0.1) is 14.1 Å². The number of aliphatic carboxylic acids is 1. The number of carboxylic acids is 1. The molecule has 1 unspecified atom stereocenters. The third-order valence-corrected chi connectivity index (χ3v) is 7.38. The van der Waals surface area contributed by atoms with Crippen LogP contribution in [-0.4, -0.2) is 56.7 Å². The summed E-state index contributed by atoms with van der Waals surface area (Å²) in [7, 11) is -1.88. The molecule has 0 bridgehead atoms. The lowest BCUT2D eigenvalue weighted by Crippen LogP contribution is -2.41. The first-order valence-electron chi connectivity index (χ1n) is 10.3. The predicted molar refractivity (Wildman–Crippen MR) is 120 cm³/mol. The Bertz CT molecular complexity index is 761. The second kappa shape index (κ2) is 9.11. The van der Waals surface area contributed by atoms with Gasteiger partial charge in [-0.2, -0.15) is 19.6 Å². The van der Waals surface area contributed by atoms with Gasteiger partial charge in [0.25, 0.3) is 0 Å². The zero-order valence-corrected chi connectivity index (χ0v) is 20.1. The van der Waals surface area contributed by atoms with Crippen molar-refractivity contribution in [3.63, 3.8) is 0 Å². The molecule has 1 aliphatic rings. The van der Waals surface area contributed by atoms with Crippen LogP contribution in [0, 0.1) is 0 Å². The van der Waals surface area contributed by atoms with Gasteiger partial charge in [0.05, 0.1) is 23.7 Å². The zero-order chi connectivity index (χ0) is 22.7. The van der Waals surface area contributed by atoms with Crippen LogP contribution in [0.3, 0.4) is 0 Å². The third kappa shape index (κ3) is 6.33. The molecule has 9 heteroatoms. The number of hydrogen-bond donors (Lipinski definition) is 2. The number of alkyl carbamates (subject to hydrolysis) is 1. The van der Waals surface area contributed by atoms with Gasteiger partial charge in [-0.3, -0.25) is 4.79 Å². The van der Waals surface area contributed by atoms with Crippen molar-refractivity contribution < 1.29 is 28.7 Å².